The van der Waals surface area contributed by atoms with Crippen molar-refractivity contribution >= 4 is 40.3 Å². The van der Waals surface area contributed by atoms with Crippen LogP contribution in [-0.2, 0) is 12.8 Å². The Hall–Kier alpha value is -3.14. The summed E-state index contributed by atoms with van der Waals surface area (Å²) < 4.78 is 32.9. The molecule has 1 aliphatic carbocycles. The monoisotopic (exact) mass is 461 g/mol. The van der Waals surface area contributed by atoms with Gasteiger partial charge in [-0.2, -0.15) is 13.2 Å². The standard InChI is InChI=1S/C20H26N6.C3H4F3N/c21-6-5-17-13-3-1-2-4-14(13)19-15(12-22)16(23)11-18(20(19)25-17)26-9-7-24-8-10-26;1-2(7)3(4,5)6/h5-6,11-12,22,24H,1-4,7-10,21,23H2;7H,1H3/b6-5+,22-12?;. The second-order valence-corrected chi connectivity index (χ2v) is 8.15. The number of nitrogens with two attached hydrogens (primary N) is 2. The van der Waals surface area contributed by atoms with Gasteiger partial charge >= 0.3 is 6.18 Å². The molecule has 10 heteroatoms. The highest BCUT2D eigenvalue weighted by molar-refractivity contribution is 6.09. The maximum Gasteiger partial charge on any atom is 0.428 e. The van der Waals surface area contributed by atoms with Gasteiger partial charge in [-0.25, -0.2) is 4.98 Å². The van der Waals surface area contributed by atoms with Gasteiger partial charge < -0.3 is 32.5 Å². The van der Waals surface area contributed by atoms with Gasteiger partial charge in [0.15, 0.2) is 0 Å². The van der Waals surface area contributed by atoms with Crippen LogP contribution in [0.4, 0.5) is 24.5 Å². The Morgan fingerprint density at radius 2 is 1.79 bits per heavy atom. The second-order valence-electron chi connectivity index (χ2n) is 8.15. The SMILES string of the molecule is CC(=N)C(F)(F)F.N=Cc1c(N)cc(N2CCNCC2)c2nc(/C=C/N)c3c(c12)CCCC3. The van der Waals surface area contributed by atoms with Gasteiger partial charge in [0.2, 0.25) is 0 Å². The van der Waals surface area contributed by atoms with Gasteiger partial charge in [0.25, 0.3) is 0 Å². The maximum atomic E-state index is 11.0. The molecular weight excluding hydrogens is 431 g/mol. The van der Waals surface area contributed by atoms with Crippen molar-refractivity contribution in [3.05, 3.63) is 34.7 Å². The van der Waals surface area contributed by atoms with E-state index in [4.69, 9.17) is 27.3 Å². The Balaban J connectivity index is 0.000000383. The molecule has 33 heavy (non-hydrogen) atoms. The number of anilines is 2. The zero-order valence-electron chi connectivity index (χ0n) is 18.6. The number of pyridine rings is 1. The number of hydrogen-bond acceptors (Lipinski definition) is 7. The Morgan fingerprint density at radius 1 is 1.18 bits per heavy atom. The molecule has 4 rings (SSSR count). The van der Waals surface area contributed by atoms with Gasteiger partial charge in [-0.05, 0) is 62.1 Å². The number of aromatic nitrogens is 1. The van der Waals surface area contributed by atoms with Crippen molar-refractivity contribution in [2.24, 2.45) is 5.73 Å². The average molecular weight is 462 g/mol. The van der Waals surface area contributed by atoms with Gasteiger partial charge in [-0.1, -0.05) is 0 Å². The first-order valence-electron chi connectivity index (χ1n) is 10.9. The number of hydrogen-bond donors (Lipinski definition) is 5. The number of fused-ring (bicyclic) bond motifs is 3. The van der Waals surface area contributed by atoms with Crippen LogP contribution in [0.15, 0.2) is 12.3 Å². The molecule has 1 aromatic heterocycles. The molecule has 0 atom stereocenters. The van der Waals surface area contributed by atoms with Gasteiger partial charge in [0, 0.05) is 49.0 Å². The minimum absolute atomic E-state index is 0.665. The minimum Gasteiger partial charge on any atom is -0.405 e. The molecule has 7 nitrogen and oxygen atoms in total. The fraction of sp³-hybridized carbons (Fsp3) is 0.435. The number of piperazine rings is 1. The van der Waals surface area contributed by atoms with Crippen LogP contribution in [0.3, 0.4) is 0 Å². The van der Waals surface area contributed by atoms with Crippen molar-refractivity contribution in [2.75, 3.05) is 36.8 Å². The zero-order chi connectivity index (χ0) is 24.2. The molecular formula is C23H30F3N7. The molecule has 0 radical (unpaired) electrons. The molecule has 7 N–H and O–H groups in total. The van der Waals surface area contributed by atoms with E-state index in [1.54, 1.807) is 6.20 Å². The molecule has 0 bridgehead atoms. The van der Waals surface area contributed by atoms with Crippen LogP contribution in [0.25, 0.3) is 17.0 Å². The lowest BCUT2D eigenvalue weighted by atomic mass is 9.85. The highest BCUT2D eigenvalue weighted by atomic mass is 19.4. The van der Waals surface area contributed by atoms with Crippen molar-refractivity contribution in [3.8, 4) is 0 Å². The molecule has 178 valence electrons. The first kappa shape index (κ1) is 24.5. The lowest BCUT2D eigenvalue weighted by Crippen LogP contribution is -2.43. The van der Waals surface area contributed by atoms with Crippen molar-refractivity contribution in [1.82, 2.24) is 10.3 Å². The fourth-order valence-corrected chi connectivity index (χ4v) is 4.30. The van der Waals surface area contributed by atoms with Crippen LogP contribution in [-0.4, -0.2) is 49.3 Å². The first-order chi connectivity index (χ1) is 15.7. The van der Waals surface area contributed by atoms with E-state index in [1.807, 2.05) is 12.1 Å². The molecule has 1 fully saturated rings. The number of aryl methyl sites for hydroxylation is 1. The van der Waals surface area contributed by atoms with E-state index in [2.05, 4.69) is 10.2 Å². The minimum atomic E-state index is -4.42. The molecule has 1 aromatic carbocycles. The summed E-state index contributed by atoms with van der Waals surface area (Å²) in [7, 11) is 0. The highest BCUT2D eigenvalue weighted by Crippen LogP contribution is 2.39. The number of nitrogens with one attached hydrogen (secondary N) is 3. The molecule has 2 aromatic rings. The molecule has 1 aliphatic heterocycles. The number of benzene rings is 1. The van der Waals surface area contributed by atoms with E-state index in [1.165, 1.54) is 23.8 Å². The topological polar surface area (TPSA) is 128 Å². The number of halogens is 3. The van der Waals surface area contributed by atoms with Gasteiger partial charge in [0.05, 0.1) is 16.9 Å². The maximum absolute atomic E-state index is 11.0. The Labute approximate surface area is 191 Å². The van der Waals surface area contributed by atoms with E-state index in [0.29, 0.717) is 12.6 Å². The van der Waals surface area contributed by atoms with Gasteiger partial charge in [0.1, 0.15) is 5.71 Å². The number of nitrogen functional groups attached to an aromatic ring is 1. The third-order valence-electron chi connectivity index (χ3n) is 5.94. The average Bonchev–Trinajstić information content (AvgIpc) is 2.79. The molecule has 0 amide bonds. The van der Waals surface area contributed by atoms with E-state index < -0.39 is 11.9 Å². The second kappa shape index (κ2) is 10.2. The lowest BCUT2D eigenvalue weighted by molar-refractivity contribution is -0.0599. The van der Waals surface area contributed by atoms with Crippen molar-refractivity contribution in [1.29, 1.82) is 10.8 Å². The summed E-state index contributed by atoms with van der Waals surface area (Å²) in [6.45, 7) is 4.47. The van der Waals surface area contributed by atoms with Crippen LogP contribution in [0.1, 0.15) is 42.1 Å². The molecule has 0 saturated carbocycles. The Morgan fingerprint density at radius 3 is 2.33 bits per heavy atom. The fourth-order valence-electron chi connectivity index (χ4n) is 4.30. The normalized spacial score (nSPS) is 16.3. The smallest absolute Gasteiger partial charge is 0.405 e. The molecule has 0 unspecified atom stereocenters. The van der Waals surface area contributed by atoms with Crippen LogP contribution in [0.5, 0.6) is 0 Å². The van der Waals surface area contributed by atoms with Gasteiger partial charge in [-0.3, -0.25) is 0 Å². The predicted octanol–water partition coefficient (Wildman–Crippen LogP) is 3.62. The molecule has 0 spiro atoms. The third kappa shape index (κ3) is 5.27. The largest absolute Gasteiger partial charge is 0.428 e. The Bertz CT molecular complexity index is 1070. The summed E-state index contributed by atoms with van der Waals surface area (Å²) in [5, 5.41) is 18.4. The van der Waals surface area contributed by atoms with E-state index in [9.17, 15) is 13.2 Å². The van der Waals surface area contributed by atoms with E-state index in [-0.39, 0.29) is 0 Å². The summed E-state index contributed by atoms with van der Waals surface area (Å²) in [5.41, 5.74) is 17.9. The third-order valence-corrected chi connectivity index (χ3v) is 5.94. The van der Waals surface area contributed by atoms with E-state index in [0.717, 1.165) is 73.3 Å². The number of nitrogens with zero attached hydrogens (tertiary/aromatic N) is 2. The predicted molar refractivity (Wildman–Crippen MR) is 128 cm³/mol. The summed E-state index contributed by atoms with van der Waals surface area (Å²) >= 11 is 0. The van der Waals surface area contributed by atoms with Crippen LogP contribution in [0, 0.1) is 10.8 Å². The summed E-state index contributed by atoms with van der Waals surface area (Å²) in [6.07, 6.45) is 4.78. The first-order valence-corrected chi connectivity index (χ1v) is 10.9. The lowest BCUT2D eigenvalue weighted by Gasteiger charge is -2.32. The molecule has 2 heterocycles. The highest BCUT2D eigenvalue weighted by Gasteiger charge is 2.30. The van der Waals surface area contributed by atoms with Gasteiger partial charge in [-0.15, -0.1) is 0 Å². The van der Waals surface area contributed by atoms with E-state index >= 15 is 0 Å². The van der Waals surface area contributed by atoms with Crippen LogP contribution < -0.4 is 21.7 Å². The summed E-state index contributed by atoms with van der Waals surface area (Å²) in [4.78, 5) is 7.36. The van der Waals surface area contributed by atoms with Crippen LogP contribution in [0.2, 0.25) is 0 Å². The van der Waals surface area contributed by atoms with Crippen molar-refractivity contribution in [3.63, 3.8) is 0 Å². The zero-order valence-corrected chi connectivity index (χ0v) is 18.6. The quantitative estimate of drug-likeness (QED) is 0.352. The number of alkyl halides is 3. The molecule has 1 saturated heterocycles. The van der Waals surface area contributed by atoms with Crippen LogP contribution >= 0.6 is 0 Å². The van der Waals surface area contributed by atoms with Crippen molar-refractivity contribution in [2.45, 2.75) is 38.8 Å². The Kier molecular flexibility index (Phi) is 7.57. The summed E-state index contributed by atoms with van der Waals surface area (Å²) in [6, 6.07) is 1.99. The summed E-state index contributed by atoms with van der Waals surface area (Å²) in [5.74, 6) is 0. The number of rotatable bonds is 3. The van der Waals surface area contributed by atoms with Crippen molar-refractivity contribution < 1.29 is 13.2 Å². The molecule has 2 aliphatic rings.